The molecule has 1 atom stereocenters. The Balaban J connectivity index is 1.92. The summed E-state index contributed by atoms with van der Waals surface area (Å²) < 4.78 is 5.33. The van der Waals surface area contributed by atoms with Crippen LogP contribution in [0.5, 0.6) is 0 Å². The van der Waals surface area contributed by atoms with E-state index < -0.39 is 5.60 Å². The predicted molar refractivity (Wildman–Crippen MR) is 61.5 cm³/mol. The van der Waals surface area contributed by atoms with Crippen LogP contribution in [0.2, 0.25) is 0 Å². The number of carbonyl (C=O) groups is 1. The van der Waals surface area contributed by atoms with E-state index in [-0.39, 0.29) is 12.0 Å². The molecular formula is C11H18N4O2. The average molecular weight is 238 g/mol. The molecule has 1 unspecified atom stereocenters. The summed E-state index contributed by atoms with van der Waals surface area (Å²) in [6.07, 6.45) is 2.44. The first-order valence-corrected chi connectivity index (χ1v) is 5.80. The van der Waals surface area contributed by atoms with Crippen molar-refractivity contribution in [2.24, 2.45) is 0 Å². The van der Waals surface area contributed by atoms with Crippen molar-refractivity contribution in [3.8, 4) is 0 Å². The van der Waals surface area contributed by atoms with Crippen molar-refractivity contribution in [1.82, 2.24) is 20.3 Å². The molecule has 1 aromatic rings. The van der Waals surface area contributed by atoms with E-state index in [0.717, 1.165) is 12.1 Å². The molecule has 0 bridgehead atoms. The second-order valence-corrected chi connectivity index (χ2v) is 5.31. The molecular weight excluding hydrogens is 220 g/mol. The Bertz CT molecular complexity index is 383. The third kappa shape index (κ3) is 2.95. The van der Waals surface area contributed by atoms with Gasteiger partial charge in [0, 0.05) is 25.2 Å². The number of amides is 1. The Morgan fingerprint density at radius 2 is 2.35 bits per heavy atom. The van der Waals surface area contributed by atoms with Crippen LogP contribution in [0, 0.1) is 0 Å². The van der Waals surface area contributed by atoms with Gasteiger partial charge < -0.3 is 9.64 Å². The van der Waals surface area contributed by atoms with Crippen LogP contribution in [0.1, 0.15) is 38.8 Å². The van der Waals surface area contributed by atoms with Gasteiger partial charge in [0.05, 0.1) is 5.69 Å². The number of hydrogen-bond donors (Lipinski definition) is 1. The number of ether oxygens (including phenoxy) is 1. The SMILES string of the molecule is CC(C)(C)OC(=O)N1CCC(c2c[nH]nn2)C1. The van der Waals surface area contributed by atoms with E-state index >= 15 is 0 Å². The molecule has 1 N–H and O–H groups in total. The quantitative estimate of drug-likeness (QED) is 0.805. The lowest BCUT2D eigenvalue weighted by atomic mass is 10.1. The average Bonchev–Trinajstić information content (AvgIpc) is 2.86. The summed E-state index contributed by atoms with van der Waals surface area (Å²) in [4.78, 5) is 13.6. The lowest BCUT2D eigenvalue weighted by Gasteiger charge is -2.24. The summed E-state index contributed by atoms with van der Waals surface area (Å²) >= 11 is 0. The number of carbonyl (C=O) groups excluding carboxylic acids is 1. The maximum absolute atomic E-state index is 11.8. The van der Waals surface area contributed by atoms with Gasteiger partial charge in [-0.2, -0.15) is 0 Å². The Morgan fingerprint density at radius 3 is 2.94 bits per heavy atom. The van der Waals surface area contributed by atoms with Crippen molar-refractivity contribution in [2.75, 3.05) is 13.1 Å². The van der Waals surface area contributed by atoms with Gasteiger partial charge in [-0.05, 0) is 27.2 Å². The molecule has 0 saturated carbocycles. The van der Waals surface area contributed by atoms with Gasteiger partial charge in [0.1, 0.15) is 5.60 Å². The molecule has 6 nitrogen and oxygen atoms in total. The number of nitrogens with one attached hydrogen (secondary N) is 1. The van der Waals surface area contributed by atoms with Gasteiger partial charge in [-0.3, -0.25) is 5.10 Å². The van der Waals surface area contributed by atoms with Crippen LogP contribution in [0.25, 0.3) is 0 Å². The molecule has 2 rings (SSSR count). The van der Waals surface area contributed by atoms with E-state index in [1.54, 1.807) is 11.1 Å². The molecule has 0 aromatic carbocycles. The smallest absolute Gasteiger partial charge is 0.410 e. The number of hydrogen-bond acceptors (Lipinski definition) is 4. The van der Waals surface area contributed by atoms with Gasteiger partial charge in [-0.25, -0.2) is 4.79 Å². The molecule has 1 aromatic heterocycles. The van der Waals surface area contributed by atoms with Gasteiger partial charge >= 0.3 is 6.09 Å². The van der Waals surface area contributed by atoms with Crippen LogP contribution in [0.15, 0.2) is 6.20 Å². The summed E-state index contributed by atoms with van der Waals surface area (Å²) in [5.74, 6) is 0.265. The summed E-state index contributed by atoms with van der Waals surface area (Å²) in [5.41, 5.74) is 0.472. The van der Waals surface area contributed by atoms with E-state index in [1.807, 2.05) is 20.8 Å². The van der Waals surface area contributed by atoms with Gasteiger partial charge in [0.25, 0.3) is 0 Å². The fraction of sp³-hybridized carbons (Fsp3) is 0.727. The number of rotatable bonds is 1. The molecule has 1 fully saturated rings. The Hall–Kier alpha value is -1.59. The van der Waals surface area contributed by atoms with Gasteiger partial charge in [-0.15, -0.1) is 5.10 Å². The molecule has 1 aliphatic heterocycles. The highest BCUT2D eigenvalue weighted by molar-refractivity contribution is 5.68. The van der Waals surface area contributed by atoms with Crippen molar-refractivity contribution < 1.29 is 9.53 Å². The molecule has 0 spiro atoms. The van der Waals surface area contributed by atoms with Crippen LogP contribution >= 0.6 is 0 Å². The lowest BCUT2D eigenvalue weighted by Crippen LogP contribution is -2.35. The van der Waals surface area contributed by atoms with Crippen molar-refractivity contribution >= 4 is 6.09 Å². The van der Waals surface area contributed by atoms with Crippen LogP contribution in [-0.4, -0.2) is 45.1 Å². The molecule has 94 valence electrons. The topological polar surface area (TPSA) is 71.1 Å². The van der Waals surface area contributed by atoms with E-state index in [2.05, 4.69) is 15.4 Å². The first-order chi connectivity index (χ1) is 7.96. The maximum Gasteiger partial charge on any atom is 0.410 e. The number of aromatic amines is 1. The van der Waals surface area contributed by atoms with Crippen molar-refractivity contribution in [2.45, 2.75) is 38.7 Å². The van der Waals surface area contributed by atoms with Crippen molar-refractivity contribution in [1.29, 1.82) is 0 Å². The van der Waals surface area contributed by atoms with Crippen LogP contribution in [0.3, 0.4) is 0 Å². The lowest BCUT2D eigenvalue weighted by molar-refractivity contribution is 0.0292. The number of H-pyrrole nitrogens is 1. The second-order valence-electron chi connectivity index (χ2n) is 5.31. The Kier molecular flexibility index (Phi) is 3.04. The molecule has 2 heterocycles. The minimum absolute atomic E-state index is 0.247. The molecule has 1 amide bonds. The highest BCUT2D eigenvalue weighted by Crippen LogP contribution is 2.26. The first-order valence-electron chi connectivity index (χ1n) is 5.80. The molecule has 0 radical (unpaired) electrons. The molecule has 0 aliphatic carbocycles. The maximum atomic E-state index is 11.8. The Labute approximate surface area is 100 Å². The van der Waals surface area contributed by atoms with Crippen molar-refractivity contribution in [3.05, 3.63) is 11.9 Å². The highest BCUT2D eigenvalue weighted by Gasteiger charge is 2.31. The number of likely N-dealkylation sites (tertiary alicyclic amines) is 1. The fourth-order valence-corrected chi connectivity index (χ4v) is 1.90. The van der Waals surface area contributed by atoms with Crippen LogP contribution < -0.4 is 0 Å². The fourth-order valence-electron chi connectivity index (χ4n) is 1.90. The van der Waals surface area contributed by atoms with E-state index in [9.17, 15) is 4.79 Å². The van der Waals surface area contributed by atoms with E-state index in [0.29, 0.717) is 13.1 Å². The molecule has 17 heavy (non-hydrogen) atoms. The highest BCUT2D eigenvalue weighted by atomic mass is 16.6. The zero-order valence-corrected chi connectivity index (χ0v) is 10.4. The summed E-state index contributed by atoms with van der Waals surface area (Å²) in [5, 5.41) is 10.4. The monoisotopic (exact) mass is 238 g/mol. The summed E-state index contributed by atoms with van der Waals surface area (Å²) in [6, 6.07) is 0. The molecule has 1 aliphatic rings. The second kappa shape index (κ2) is 4.35. The predicted octanol–water partition coefficient (Wildman–Crippen LogP) is 1.53. The zero-order chi connectivity index (χ0) is 12.5. The number of nitrogens with zero attached hydrogens (tertiary/aromatic N) is 3. The van der Waals surface area contributed by atoms with E-state index in [4.69, 9.17) is 4.74 Å². The van der Waals surface area contributed by atoms with Crippen LogP contribution in [-0.2, 0) is 4.74 Å². The zero-order valence-electron chi connectivity index (χ0n) is 10.4. The third-order valence-corrected chi connectivity index (χ3v) is 2.69. The standard InChI is InChI=1S/C11H18N4O2/c1-11(2,3)17-10(16)15-5-4-8(7-15)9-6-12-14-13-9/h6,8H,4-5,7H2,1-3H3,(H,12,13,14). The van der Waals surface area contributed by atoms with Gasteiger partial charge in [0.15, 0.2) is 0 Å². The minimum atomic E-state index is -0.441. The van der Waals surface area contributed by atoms with Crippen molar-refractivity contribution in [3.63, 3.8) is 0 Å². The molecule has 1 saturated heterocycles. The van der Waals surface area contributed by atoms with Crippen LogP contribution in [0.4, 0.5) is 4.79 Å². The summed E-state index contributed by atoms with van der Waals surface area (Å²) in [7, 11) is 0. The minimum Gasteiger partial charge on any atom is -0.444 e. The van der Waals surface area contributed by atoms with Gasteiger partial charge in [0.2, 0.25) is 0 Å². The first kappa shape index (κ1) is 11.9. The number of aromatic nitrogens is 3. The largest absolute Gasteiger partial charge is 0.444 e. The van der Waals surface area contributed by atoms with E-state index in [1.165, 1.54) is 0 Å². The van der Waals surface area contributed by atoms with Gasteiger partial charge in [-0.1, -0.05) is 5.21 Å². The Morgan fingerprint density at radius 1 is 1.59 bits per heavy atom. The summed E-state index contributed by atoms with van der Waals surface area (Å²) in [6.45, 7) is 6.98. The third-order valence-electron chi connectivity index (χ3n) is 2.69. The normalized spacial score (nSPS) is 20.6. The molecule has 6 heteroatoms.